The van der Waals surface area contributed by atoms with Gasteiger partial charge in [0.15, 0.2) is 0 Å². The average molecular weight is 272 g/mol. The minimum Gasteiger partial charge on any atom is -0.496 e. The van der Waals surface area contributed by atoms with Crippen LogP contribution < -0.4 is 4.74 Å². The van der Waals surface area contributed by atoms with E-state index in [1.165, 1.54) is 12.0 Å². The van der Waals surface area contributed by atoms with Crippen molar-refractivity contribution in [2.75, 3.05) is 14.2 Å². The van der Waals surface area contributed by atoms with Crippen molar-refractivity contribution in [3.05, 3.63) is 29.8 Å². The van der Waals surface area contributed by atoms with Crippen LogP contribution >= 0.6 is 0 Å². The minimum atomic E-state index is 0.158. The van der Waals surface area contributed by atoms with Crippen LogP contribution in [0.15, 0.2) is 24.3 Å². The Morgan fingerprint density at radius 3 is 2.80 bits per heavy atom. The van der Waals surface area contributed by atoms with Crippen molar-refractivity contribution in [3.8, 4) is 11.8 Å². The summed E-state index contributed by atoms with van der Waals surface area (Å²) in [5.74, 6) is 1.80. The highest BCUT2D eigenvalue weighted by molar-refractivity contribution is 5.33. The van der Waals surface area contributed by atoms with E-state index < -0.39 is 0 Å². The smallest absolute Gasteiger partial charge is 0.123 e. The molecule has 0 bridgehead atoms. The molecule has 0 heterocycles. The van der Waals surface area contributed by atoms with Crippen LogP contribution in [0, 0.1) is 23.2 Å². The maximum atomic E-state index is 9.36. The van der Waals surface area contributed by atoms with E-state index in [2.05, 4.69) is 31.0 Å². The van der Waals surface area contributed by atoms with Crippen LogP contribution in [0.25, 0.3) is 0 Å². The summed E-state index contributed by atoms with van der Waals surface area (Å²) in [6.45, 7) is 3.12. The highest BCUT2D eigenvalue weighted by atomic mass is 16.5. The fourth-order valence-corrected chi connectivity index (χ4v) is 3.21. The lowest BCUT2D eigenvalue weighted by Crippen LogP contribution is -2.41. The third-order valence-electron chi connectivity index (χ3n) is 4.42. The largest absolute Gasteiger partial charge is 0.496 e. The molecule has 0 radical (unpaired) electrons. The van der Waals surface area contributed by atoms with Gasteiger partial charge in [0, 0.05) is 18.2 Å². The third-order valence-corrected chi connectivity index (χ3v) is 4.42. The van der Waals surface area contributed by atoms with Gasteiger partial charge >= 0.3 is 0 Å². The Hall–Kier alpha value is -1.53. The number of nitriles is 1. The van der Waals surface area contributed by atoms with Gasteiger partial charge in [0.1, 0.15) is 5.75 Å². The van der Waals surface area contributed by atoms with Crippen LogP contribution in [0.5, 0.6) is 5.75 Å². The van der Waals surface area contributed by atoms with Gasteiger partial charge in [-0.25, -0.2) is 0 Å². The molecule has 0 N–H and O–H groups in total. The first-order valence-corrected chi connectivity index (χ1v) is 7.37. The minimum absolute atomic E-state index is 0.158. The van der Waals surface area contributed by atoms with Crippen molar-refractivity contribution in [1.82, 2.24) is 4.90 Å². The molecule has 108 valence electrons. The van der Waals surface area contributed by atoms with Gasteiger partial charge in [0.05, 0.1) is 19.1 Å². The predicted octanol–water partition coefficient (Wildman–Crippen LogP) is 3.46. The summed E-state index contributed by atoms with van der Waals surface area (Å²) >= 11 is 0. The topological polar surface area (TPSA) is 36.3 Å². The Morgan fingerprint density at radius 2 is 2.10 bits per heavy atom. The number of ether oxygens (including phenoxy) is 1. The number of para-hydroxylation sites is 1. The third kappa shape index (κ3) is 3.32. The van der Waals surface area contributed by atoms with Crippen LogP contribution in [-0.4, -0.2) is 25.1 Å². The van der Waals surface area contributed by atoms with Crippen LogP contribution in [0.4, 0.5) is 0 Å². The van der Waals surface area contributed by atoms with Crippen LogP contribution in [0.2, 0.25) is 0 Å². The second-order valence-corrected chi connectivity index (χ2v) is 5.95. The Kier molecular flexibility index (Phi) is 5.03. The van der Waals surface area contributed by atoms with E-state index in [9.17, 15) is 5.26 Å². The first-order chi connectivity index (χ1) is 9.65. The summed E-state index contributed by atoms with van der Waals surface area (Å²) in [7, 11) is 3.83. The average Bonchev–Trinajstić information content (AvgIpc) is 2.47. The zero-order valence-electron chi connectivity index (χ0n) is 12.7. The maximum Gasteiger partial charge on any atom is 0.123 e. The molecule has 3 heteroatoms. The van der Waals surface area contributed by atoms with Crippen LogP contribution in [-0.2, 0) is 6.54 Å². The van der Waals surface area contributed by atoms with Crippen LogP contribution in [0.1, 0.15) is 31.7 Å². The van der Waals surface area contributed by atoms with Gasteiger partial charge in [-0.3, -0.25) is 4.90 Å². The molecule has 0 spiro atoms. The first kappa shape index (κ1) is 14.9. The Balaban J connectivity index is 2.10. The summed E-state index contributed by atoms with van der Waals surface area (Å²) in [5, 5.41) is 9.36. The first-order valence-electron chi connectivity index (χ1n) is 7.37. The molecule has 0 aromatic heterocycles. The van der Waals surface area contributed by atoms with Gasteiger partial charge in [-0.1, -0.05) is 25.1 Å². The maximum absolute atomic E-state index is 9.36. The van der Waals surface area contributed by atoms with E-state index in [-0.39, 0.29) is 5.92 Å². The van der Waals surface area contributed by atoms with E-state index in [1.807, 2.05) is 18.2 Å². The van der Waals surface area contributed by atoms with Gasteiger partial charge in [-0.15, -0.1) is 0 Å². The van der Waals surface area contributed by atoms with Crippen molar-refractivity contribution in [2.24, 2.45) is 11.8 Å². The summed E-state index contributed by atoms with van der Waals surface area (Å²) in [6, 6.07) is 11.0. The van der Waals surface area contributed by atoms with E-state index in [1.54, 1.807) is 7.11 Å². The standard InChI is InChI=1S/C17H24N2O/c1-13-8-9-14(11-18)16(10-13)19(2)12-15-6-4-5-7-17(15)20-3/h4-7,13-14,16H,8-10,12H2,1-3H3. The Labute approximate surface area is 122 Å². The molecule has 1 saturated carbocycles. The van der Waals surface area contributed by atoms with Crippen molar-refractivity contribution >= 4 is 0 Å². The highest BCUT2D eigenvalue weighted by Gasteiger charge is 2.31. The van der Waals surface area contributed by atoms with Gasteiger partial charge < -0.3 is 4.74 Å². The van der Waals surface area contributed by atoms with Gasteiger partial charge in [0.2, 0.25) is 0 Å². The summed E-state index contributed by atoms with van der Waals surface area (Å²) < 4.78 is 5.42. The van der Waals surface area contributed by atoms with Crippen molar-refractivity contribution in [1.29, 1.82) is 5.26 Å². The SMILES string of the molecule is COc1ccccc1CN(C)C1CC(C)CCC1C#N. The van der Waals surface area contributed by atoms with Gasteiger partial charge in [-0.05, 0) is 38.3 Å². The van der Waals surface area contributed by atoms with Crippen LogP contribution in [0.3, 0.4) is 0 Å². The monoisotopic (exact) mass is 272 g/mol. The lowest BCUT2D eigenvalue weighted by Gasteiger charge is -2.37. The van der Waals surface area contributed by atoms with E-state index in [4.69, 9.17) is 4.74 Å². The second kappa shape index (κ2) is 6.76. The quantitative estimate of drug-likeness (QED) is 0.842. The molecule has 0 amide bonds. The summed E-state index contributed by atoms with van der Waals surface area (Å²) in [6.07, 6.45) is 3.32. The molecule has 3 nitrogen and oxygen atoms in total. The zero-order valence-corrected chi connectivity index (χ0v) is 12.7. The Morgan fingerprint density at radius 1 is 1.35 bits per heavy atom. The number of hydrogen-bond donors (Lipinski definition) is 0. The highest BCUT2D eigenvalue weighted by Crippen LogP contribution is 2.32. The molecule has 2 rings (SSSR count). The molecular formula is C17H24N2O. The molecule has 3 unspecified atom stereocenters. The fourth-order valence-electron chi connectivity index (χ4n) is 3.21. The Bertz CT molecular complexity index is 480. The molecule has 20 heavy (non-hydrogen) atoms. The van der Waals surface area contributed by atoms with Gasteiger partial charge in [-0.2, -0.15) is 5.26 Å². The molecule has 1 aromatic rings. The lowest BCUT2D eigenvalue weighted by molar-refractivity contribution is 0.124. The molecule has 0 aliphatic heterocycles. The predicted molar refractivity (Wildman–Crippen MR) is 80.4 cm³/mol. The number of rotatable bonds is 4. The van der Waals surface area contributed by atoms with Crippen molar-refractivity contribution < 1.29 is 4.74 Å². The zero-order chi connectivity index (χ0) is 14.5. The summed E-state index contributed by atoms with van der Waals surface area (Å²) in [5.41, 5.74) is 1.19. The molecule has 1 aliphatic carbocycles. The number of hydrogen-bond acceptors (Lipinski definition) is 3. The van der Waals surface area contributed by atoms with E-state index in [0.717, 1.165) is 25.1 Å². The van der Waals surface area contributed by atoms with Crippen molar-refractivity contribution in [3.63, 3.8) is 0 Å². The fraction of sp³-hybridized carbons (Fsp3) is 0.588. The normalized spacial score (nSPS) is 26.2. The molecule has 1 aliphatic rings. The second-order valence-electron chi connectivity index (χ2n) is 5.95. The molecule has 0 saturated heterocycles. The number of methoxy groups -OCH3 is 1. The van der Waals surface area contributed by atoms with Crippen molar-refractivity contribution in [2.45, 2.75) is 38.8 Å². The molecule has 1 aromatic carbocycles. The van der Waals surface area contributed by atoms with E-state index in [0.29, 0.717) is 12.0 Å². The van der Waals surface area contributed by atoms with Gasteiger partial charge in [0.25, 0.3) is 0 Å². The lowest BCUT2D eigenvalue weighted by atomic mass is 9.79. The van der Waals surface area contributed by atoms with E-state index >= 15 is 0 Å². The molecule has 3 atom stereocenters. The number of benzene rings is 1. The number of nitrogens with zero attached hydrogens (tertiary/aromatic N) is 2. The molecular weight excluding hydrogens is 248 g/mol. The molecule has 1 fully saturated rings. The summed E-state index contributed by atoms with van der Waals surface area (Å²) in [4.78, 5) is 2.32.